The van der Waals surface area contributed by atoms with Crippen LogP contribution in [0.3, 0.4) is 0 Å². The molecule has 8 heteroatoms. The van der Waals surface area contributed by atoms with E-state index in [2.05, 4.69) is 27.3 Å². The second-order valence-corrected chi connectivity index (χ2v) is 8.77. The molecule has 0 aliphatic carbocycles. The van der Waals surface area contributed by atoms with E-state index >= 15 is 0 Å². The predicted molar refractivity (Wildman–Crippen MR) is 129 cm³/mol. The Morgan fingerprint density at radius 3 is 2.44 bits per heavy atom. The SMILES string of the molecule is Cc1nnc(N2CCC(C(=O)NCc3ccc(F)cc3)CC2)c2nn(-c3ccccc3)c(C)c12. The fourth-order valence-corrected chi connectivity index (χ4v) is 4.63. The second-order valence-electron chi connectivity index (χ2n) is 8.77. The number of fused-ring (bicyclic) bond motifs is 1. The van der Waals surface area contributed by atoms with Crippen molar-refractivity contribution in [2.75, 3.05) is 18.0 Å². The minimum absolute atomic E-state index is 0.0355. The molecule has 1 aliphatic heterocycles. The molecule has 0 saturated carbocycles. The number of carbonyl (C=O) groups is 1. The number of piperidine rings is 1. The standard InChI is InChI=1S/C26H27FN6O/c1-17-23-18(2)33(22-6-4-3-5-7-22)31-24(23)25(30-29-17)32-14-12-20(13-15-32)26(34)28-16-19-8-10-21(27)11-9-19/h3-11,20H,12-16H2,1-2H3,(H,28,34). The van der Waals surface area contributed by atoms with Crippen molar-refractivity contribution >= 4 is 22.6 Å². The number of carbonyl (C=O) groups excluding carboxylic acids is 1. The van der Waals surface area contributed by atoms with Crippen LogP contribution in [0.2, 0.25) is 0 Å². The van der Waals surface area contributed by atoms with Crippen LogP contribution in [0.4, 0.5) is 10.2 Å². The van der Waals surface area contributed by atoms with Gasteiger partial charge in [-0.1, -0.05) is 30.3 Å². The van der Waals surface area contributed by atoms with Gasteiger partial charge in [0.25, 0.3) is 0 Å². The Hall–Kier alpha value is -3.81. The molecule has 4 aromatic rings. The van der Waals surface area contributed by atoms with Crippen LogP contribution in [0, 0.1) is 25.6 Å². The van der Waals surface area contributed by atoms with Crippen LogP contribution in [0.25, 0.3) is 16.6 Å². The highest BCUT2D eigenvalue weighted by atomic mass is 19.1. The number of hydrogen-bond donors (Lipinski definition) is 1. The number of para-hydroxylation sites is 1. The summed E-state index contributed by atoms with van der Waals surface area (Å²) in [5.74, 6) is 0.464. The summed E-state index contributed by atoms with van der Waals surface area (Å²) in [6.45, 7) is 5.83. The highest BCUT2D eigenvalue weighted by Crippen LogP contribution is 2.31. The molecule has 2 aromatic carbocycles. The number of amides is 1. The molecule has 3 heterocycles. The summed E-state index contributed by atoms with van der Waals surface area (Å²) in [5.41, 5.74) is 4.61. The van der Waals surface area contributed by atoms with Gasteiger partial charge in [-0.25, -0.2) is 9.07 Å². The lowest BCUT2D eigenvalue weighted by Crippen LogP contribution is -2.40. The van der Waals surface area contributed by atoms with E-state index in [1.165, 1.54) is 12.1 Å². The van der Waals surface area contributed by atoms with Crippen molar-refractivity contribution < 1.29 is 9.18 Å². The summed E-state index contributed by atoms with van der Waals surface area (Å²) >= 11 is 0. The molecule has 7 nitrogen and oxygen atoms in total. The first-order chi connectivity index (χ1) is 16.5. The van der Waals surface area contributed by atoms with E-state index in [9.17, 15) is 9.18 Å². The van der Waals surface area contributed by atoms with Crippen molar-refractivity contribution in [3.8, 4) is 5.69 Å². The third-order valence-corrected chi connectivity index (χ3v) is 6.53. The Morgan fingerprint density at radius 1 is 1.03 bits per heavy atom. The van der Waals surface area contributed by atoms with Gasteiger partial charge in [-0.2, -0.15) is 10.2 Å². The molecule has 5 rings (SSSR count). The zero-order chi connectivity index (χ0) is 23.7. The number of nitrogens with one attached hydrogen (secondary N) is 1. The topological polar surface area (TPSA) is 75.9 Å². The highest BCUT2D eigenvalue weighted by molar-refractivity contribution is 5.92. The van der Waals surface area contributed by atoms with Gasteiger partial charge in [-0.05, 0) is 56.5 Å². The van der Waals surface area contributed by atoms with E-state index in [0.717, 1.165) is 52.2 Å². The second kappa shape index (κ2) is 9.21. The monoisotopic (exact) mass is 458 g/mol. The molecule has 34 heavy (non-hydrogen) atoms. The molecule has 174 valence electrons. The van der Waals surface area contributed by atoms with Gasteiger partial charge in [-0.15, -0.1) is 5.10 Å². The summed E-state index contributed by atoms with van der Waals surface area (Å²) < 4.78 is 15.0. The Kier molecular flexibility index (Phi) is 5.96. The lowest BCUT2D eigenvalue weighted by Gasteiger charge is -2.32. The Morgan fingerprint density at radius 2 is 1.74 bits per heavy atom. The number of rotatable bonds is 5. The van der Waals surface area contributed by atoms with E-state index in [-0.39, 0.29) is 17.6 Å². The molecular weight excluding hydrogens is 431 g/mol. The van der Waals surface area contributed by atoms with Crippen LogP contribution in [0.15, 0.2) is 54.6 Å². The molecule has 0 atom stereocenters. The summed E-state index contributed by atoms with van der Waals surface area (Å²) in [6, 6.07) is 16.2. The van der Waals surface area contributed by atoms with E-state index in [1.54, 1.807) is 12.1 Å². The van der Waals surface area contributed by atoms with Crippen molar-refractivity contribution in [1.29, 1.82) is 0 Å². The van der Waals surface area contributed by atoms with Gasteiger partial charge in [0.1, 0.15) is 11.3 Å². The molecular formula is C26H27FN6O. The van der Waals surface area contributed by atoms with Gasteiger partial charge in [0, 0.05) is 25.6 Å². The molecule has 0 radical (unpaired) electrons. The highest BCUT2D eigenvalue weighted by Gasteiger charge is 2.28. The number of aryl methyl sites for hydroxylation is 2. The van der Waals surface area contributed by atoms with E-state index < -0.39 is 0 Å². The molecule has 1 fully saturated rings. The average Bonchev–Trinajstić information content (AvgIpc) is 3.22. The van der Waals surface area contributed by atoms with Gasteiger partial charge in [0.15, 0.2) is 5.82 Å². The summed E-state index contributed by atoms with van der Waals surface area (Å²) in [7, 11) is 0. The van der Waals surface area contributed by atoms with Gasteiger partial charge >= 0.3 is 0 Å². The maximum atomic E-state index is 13.1. The zero-order valence-electron chi connectivity index (χ0n) is 19.3. The minimum atomic E-state index is -0.278. The van der Waals surface area contributed by atoms with Crippen LogP contribution in [-0.2, 0) is 11.3 Å². The van der Waals surface area contributed by atoms with Crippen molar-refractivity contribution in [3.63, 3.8) is 0 Å². The first kappa shape index (κ1) is 22.0. The van der Waals surface area contributed by atoms with E-state index in [4.69, 9.17) is 5.10 Å². The normalized spacial score (nSPS) is 14.5. The van der Waals surface area contributed by atoms with Crippen molar-refractivity contribution in [1.82, 2.24) is 25.3 Å². The first-order valence-corrected chi connectivity index (χ1v) is 11.6. The number of nitrogens with zero attached hydrogens (tertiary/aromatic N) is 5. The van der Waals surface area contributed by atoms with Crippen LogP contribution < -0.4 is 10.2 Å². The van der Waals surface area contributed by atoms with Crippen LogP contribution in [-0.4, -0.2) is 39.0 Å². The fraction of sp³-hybridized carbons (Fsp3) is 0.308. The summed E-state index contributed by atoms with van der Waals surface area (Å²) in [4.78, 5) is 14.9. The minimum Gasteiger partial charge on any atom is -0.353 e. The number of benzene rings is 2. The third kappa shape index (κ3) is 4.23. The summed E-state index contributed by atoms with van der Waals surface area (Å²) in [6.07, 6.45) is 1.45. The largest absolute Gasteiger partial charge is 0.353 e. The molecule has 0 bridgehead atoms. The van der Waals surface area contributed by atoms with E-state index in [0.29, 0.717) is 19.6 Å². The van der Waals surface area contributed by atoms with E-state index in [1.807, 2.05) is 41.9 Å². The zero-order valence-corrected chi connectivity index (χ0v) is 19.3. The smallest absolute Gasteiger partial charge is 0.223 e. The molecule has 2 aromatic heterocycles. The molecule has 1 aliphatic rings. The van der Waals surface area contributed by atoms with Crippen molar-refractivity contribution in [3.05, 3.63) is 77.4 Å². The number of aromatic nitrogens is 4. The van der Waals surface area contributed by atoms with Gasteiger partial charge < -0.3 is 10.2 Å². The maximum absolute atomic E-state index is 13.1. The Bertz CT molecular complexity index is 1310. The van der Waals surface area contributed by atoms with Crippen molar-refractivity contribution in [2.24, 2.45) is 5.92 Å². The number of anilines is 1. The van der Waals surface area contributed by atoms with Crippen LogP contribution >= 0.6 is 0 Å². The molecule has 1 saturated heterocycles. The first-order valence-electron chi connectivity index (χ1n) is 11.6. The molecule has 0 spiro atoms. The quantitative estimate of drug-likeness (QED) is 0.487. The van der Waals surface area contributed by atoms with Gasteiger partial charge in [0.2, 0.25) is 5.91 Å². The fourth-order valence-electron chi connectivity index (χ4n) is 4.63. The van der Waals surface area contributed by atoms with Crippen LogP contribution in [0.1, 0.15) is 29.8 Å². The third-order valence-electron chi connectivity index (χ3n) is 6.53. The molecule has 0 unspecified atom stereocenters. The number of hydrogen-bond acceptors (Lipinski definition) is 5. The molecule has 1 N–H and O–H groups in total. The lowest BCUT2D eigenvalue weighted by molar-refractivity contribution is -0.125. The lowest BCUT2D eigenvalue weighted by atomic mass is 9.95. The number of halogens is 1. The maximum Gasteiger partial charge on any atom is 0.223 e. The van der Waals surface area contributed by atoms with Gasteiger partial charge in [-0.3, -0.25) is 4.79 Å². The van der Waals surface area contributed by atoms with Crippen LogP contribution in [0.5, 0.6) is 0 Å². The average molecular weight is 459 g/mol. The summed E-state index contributed by atoms with van der Waals surface area (Å²) in [5, 5.41) is 17.8. The molecule has 1 amide bonds. The predicted octanol–water partition coefficient (Wildman–Crippen LogP) is 4.10. The Labute approximate surface area is 197 Å². The van der Waals surface area contributed by atoms with Gasteiger partial charge in [0.05, 0.1) is 22.5 Å². The van der Waals surface area contributed by atoms with Crippen molar-refractivity contribution in [2.45, 2.75) is 33.2 Å². The Balaban J connectivity index is 1.30.